The molecular formula is C10H15N3O2. The quantitative estimate of drug-likeness (QED) is 0.803. The lowest BCUT2D eigenvalue weighted by Crippen LogP contribution is -2.38. The van der Waals surface area contributed by atoms with Gasteiger partial charge in [-0.05, 0) is 13.3 Å². The molecule has 0 aliphatic heterocycles. The van der Waals surface area contributed by atoms with Gasteiger partial charge in [0.15, 0.2) is 0 Å². The van der Waals surface area contributed by atoms with Crippen LogP contribution in [0, 0.1) is 6.92 Å². The number of hydrogen-bond acceptors (Lipinski definition) is 4. The van der Waals surface area contributed by atoms with Gasteiger partial charge < -0.3 is 10.0 Å². The third-order valence-electron chi connectivity index (χ3n) is 2.29. The number of carbonyl (C=O) groups is 1. The molecule has 1 atom stereocenters. The van der Waals surface area contributed by atoms with Gasteiger partial charge in [-0.15, -0.1) is 0 Å². The second-order valence-corrected chi connectivity index (χ2v) is 3.39. The van der Waals surface area contributed by atoms with Crippen LogP contribution < -0.4 is 4.90 Å². The van der Waals surface area contributed by atoms with E-state index in [1.807, 2.05) is 13.8 Å². The zero-order valence-corrected chi connectivity index (χ0v) is 9.14. The molecule has 0 radical (unpaired) electrons. The zero-order chi connectivity index (χ0) is 11.4. The molecule has 1 N–H and O–H groups in total. The maximum atomic E-state index is 10.9. The lowest BCUT2D eigenvalue weighted by Gasteiger charge is -2.24. The smallest absolute Gasteiger partial charge is 0.326 e. The number of hydrogen-bond donors (Lipinski definition) is 1. The highest BCUT2D eigenvalue weighted by Gasteiger charge is 2.21. The van der Waals surface area contributed by atoms with Crippen molar-refractivity contribution in [2.45, 2.75) is 26.3 Å². The number of carboxylic acid groups (broad SMARTS) is 1. The average Bonchev–Trinajstić information content (AvgIpc) is 2.18. The summed E-state index contributed by atoms with van der Waals surface area (Å²) in [5, 5.41) is 8.99. The molecule has 5 heteroatoms. The van der Waals surface area contributed by atoms with Crippen molar-refractivity contribution in [1.82, 2.24) is 9.97 Å². The molecule has 5 nitrogen and oxygen atoms in total. The maximum absolute atomic E-state index is 10.9. The fourth-order valence-corrected chi connectivity index (χ4v) is 1.41. The second-order valence-electron chi connectivity index (χ2n) is 3.39. The summed E-state index contributed by atoms with van der Waals surface area (Å²) in [5.41, 5.74) is 0.826. The average molecular weight is 209 g/mol. The number of aryl methyl sites for hydroxylation is 1. The van der Waals surface area contributed by atoms with Crippen LogP contribution in [0.3, 0.4) is 0 Å². The second kappa shape index (κ2) is 4.72. The van der Waals surface area contributed by atoms with Crippen LogP contribution in [0.1, 0.15) is 19.0 Å². The normalized spacial score (nSPS) is 12.2. The maximum Gasteiger partial charge on any atom is 0.326 e. The lowest BCUT2D eigenvalue weighted by atomic mass is 10.2. The van der Waals surface area contributed by atoms with E-state index in [-0.39, 0.29) is 0 Å². The third-order valence-corrected chi connectivity index (χ3v) is 2.29. The topological polar surface area (TPSA) is 66.3 Å². The van der Waals surface area contributed by atoms with Crippen molar-refractivity contribution in [1.29, 1.82) is 0 Å². The van der Waals surface area contributed by atoms with Crippen LogP contribution in [0.4, 0.5) is 5.82 Å². The summed E-state index contributed by atoms with van der Waals surface area (Å²) in [6, 6.07) is 1.23. The summed E-state index contributed by atoms with van der Waals surface area (Å²) in [6.07, 6.45) is 1.98. The summed E-state index contributed by atoms with van der Waals surface area (Å²) >= 11 is 0. The van der Waals surface area contributed by atoms with Crippen molar-refractivity contribution in [2.24, 2.45) is 0 Å². The molecule has 0 aromatic carbocycles. The predicted octanol–water partition coefficient (Wildman–Crippen LogP) is 1.08. The molecule has 15 heavy (non-hydrogen) atoms. The Balaban J connectivity index is 2.92. The first kappa shape index (κ1) is 11.4. The van der Waals surface area contributed by atoms with Gasteiger partial charge >= 0.3 is 5.97 Å². The van der Waals surface area contributed by atoms with Gasteiger partial charge in [0.25, 0.3) is 0 Å². The van der Waals surface area contributed by atoms with Crippen molar-refractivity contribution in [2.75, 3.05) is 11.9 Å². The molecule has 82 valence electrons. The van der Waals surface area contributed by atoms with Crippen LogP contribution in [-0.2, 0) is 4.79 Å². The first-order valence-corrected chi connectivity index (χ1v) is 4.80. The number of aromatic nitrogens is 2. The van der Waals surface area contributed by atoms with E-state index in [9.17, 15) is 4.79 Å². The molecule has 0 bridgehead atoms. The van der Waals surface area contributed by atoms with Crippen molar-refractivity contribution >= 4 is 11.8 Å². The van der Waals surface area contributed by atoms with Crippen LogP contribution in [0.15, 0.2) is 12.4 Å². The fourth-order valence-electron chi connectivity index (χ4n) is 1.41. The standard InChI is InChI=1S/C10H15N3O2/c1-4-8(10(14)15)13(3)9-5-7(2)11-6-12-9/h5-6,8H,4H2,1-3H3,(H,14,15). The molecule has 0 saturated carbocycles. The van der Waals surface area contributed by atoms with Gasteiger partial charge in [0.2, 0.25) is 0 Å². The zero-order valence-electron chi connectivity index (χ0n) is 9.14. The van der Waals surface area contributed by atoms with E-state index in [4.69, 9.17) is 5.11 Å². The summed E-state index contributed by atoms with van der Waals surface area (Å²) in [7, 11) is 1.73. The monoisotopic (exact) mass is 209 g/mol. The SMILES string of the molecule is CCC(C(=O)O)N(C)c1cc(C)ncn1. The number of likely N-dealkylation sites (N-methyl/N-ethyl adjacent to an activating group) is 1. The van der Waals surface area contributed by atoms with E-state index < -0.39 is 12.0 Å². The van der Waals surface area contributed by atoms with Crippen LogP contribution in [0.25, 0.3) is 0 Å². The van der Waals surface area contributed by atoms with Crippen LogP contribution >= 0.6 is 0 Å². The van der Waals surface area contributed by atoms with Gasteiger partial charge in [-0.25, -0.2) is 14.8 Å². The highest BCUT2D eigenvalue weighted by molar-refractivity contribution is 5.77. The van der Waals surface area contributed by atoms with Crippen molar-refractivity contribution in [3.8, 4) is 0 Å². The van der Waals surface area contributed by atoms with Crippen LogP contribution in [0.2, 0.25) is 0 Å². The minimum Gasteiger partial charge on any atom is -0.480 e. The molecule has 1 aromatic heterocycles. The highest BCUT2D eigenvalue weighted by Crippen LogP contribution is 2.13. The Bertz CT molecular complexity index is 354. The number of anilines is 1. The van der Waals surface area contributed by atoms with E-state index in [1.54, 1.807) is 18.0 Å². The molecule has 0 fully saturated rings. The highest BCUT2D eigenvalue weighted by atomic mass is 16.4. The van der Waals surface area contributed by atoms with Gasteiger partial charge in [-0.3, -0.25) is 0 Å². The Labute approximate surface area is 88.8 Å². The molecule has 0 aliphatic carbocycles. The minimum absolute atomic E-state index is 0.537. The Kier molecular flexibility index (Phi) is 3.60. The van der Waals surface area contributed by atoms with E-state index in [0.29, 0.717) is 12.2 Å². The molecule has 1 unspecified atom stereocenters. The Morgan fingerprint density at radius 2 is 2.27 bits per heavy atom. The van der Waals surface area contributed by atoms with E-state index >= 15 is 0 Å². The Hall–Kier alpha value is -1.65. The minimum atomic E-state index is -0.837. The van der Waals surface area contributed by atoms with Gasteiger partial charge in [0, 0.05) is 18.8 Å². The molecule has 1 aromatic rings. The molecule has 1 heterocycles. The summed E-state index contributed by atoms with van der Waals surface area (Å²) < 4.78 is 0. The predicted molar refractivity (Wildman–Crippen MR) is 56.9 cm³/mol. The molecule has 1 rings (SSSR count). The van der Waals surface area contributed by atoms with Crippen LogP contribution in [-0.4, -0.2) is 34.1 Å². The van der Waals surface area contributed by atoms with E-state index in [0.717, 1.165) is 5.69 Å². The summed E-state index contributed by atoms with van der Waals surface area (Å²) in [4.78, 5) is 20.6. The fraction of sp³-hybridized carbons (Fsp3) is 0.500. The van der Waals surface area contributed by atoms with Crippen LogP contribution in [0.5, 0.6) is 0 Å². The largest absolute Gasteiger partial charge is 0.480 e. The molecule has 0 spiro atoms. The van der Waals surface area contributed by atoms with E-state index in [1.165, 1.54) is 6.33 Å². The number of carboxylic acids is 1. The van der Waals surface area contributed by atoms with Gasteiger partial charge in [0.1, 0.15) is 18.2 Å². The Morgan fingerprint density at radius 1 is 1.60 bits per heavy atom. The van der Waals surface area contributed by atoms with Crippen molar-refractivity contribution in [3.63, 3.8) is 0 Å². The summed E-state index contributed by atoms with van der Waals surface area (Å²) in [6.45, 7) is 3.68. The van der Waals surface area contributed by atoms with Gasteiger partial charge in [0.05, 0.1) is 0 Å². The van der Waals surface area contributed by atoms with Crippen molar-refractivity contribution in [3.05, 3.63) is 18.1 Å². The third kappa shape index (κ3) is 2.65. The first-order valence-electron chi connectivity index (χ1n) is 4.80. The molecule has 0 saturated heterocycles. The van der Waals surface area contributed by atoms with Gasteiger partial charge in [-0.2, -0.15) is 0 Å². The summed E-state index contributed by atoms with van der Waals surface area (Å²) in [5.74, 6) is -0.201. The Morgan fingerprint density at radius 3 is 2.73 bits per heavy atom. The number of nitrogens with zero attached hydrogens (tertiary/aromatic N) is 3. The molecule has 0 amide bonds. The number of aliphatic carboxylic acids is 1. The number of rotatable bonds is 4. The van der Waals surface area contributed by atoms with Crippen molar-refractivity contribution < 1.29 is 9.90 Å². The van der Waals surface area contributed by atoms with Gasteiger partial charge in [-0.1, -0.05) is 6.92 Å². The lowest BCUT2D eigenvalue weighted by molar-refractivity contribution is -0.138. The first-order chi connectivity index (χ1) is 7.06. The molecular weight excluding hydrogens is 194 g/mol. The molecule has 0 aliphatic rings. The van der Waals surface area contributed by atoms with E-state index in [2.05, 4.69) is 9.97 Å².